The highest BCUT2D eigenvalue weighted by Gasteiger charge is 2.49. The van der Waals surface area contributed by atoms with E-state index in [9.17, 15) is 0 Å². The monoisotopic (exact) mass is 226 g/mol. The molecule has 0 aromatic heterocycles. The topological polar surface area (TPSA) is 21.8 Å². The average Bonchev–Trinajstić information content (AvgIpc) is 2.78. The van der Waals surface area contributed by atoms with Crippen LogP contribution in [-0.4, -0.2) is 12.7 Å². The van der Waals surface area contributed by atoms with Crippen LogP contribution in [0.1, 0.15) is 31.1 Å². The smallest absolute Gasteiger partial charge is 0.137 e. The summed E-state index contributed by atoms with van der Waals surface area (Å²) in [6.07, 6.45) is 0.168. The zero-order valence-electron chi connectivity index (χ0n) is 9.43. The molecule has 0 aliphatic carbocycles. The van der Waals surface area contributed by atoms with Gasteiger partial charge in [0.2, 0.25) is 0 Å². The fourth-order valence-electron chi connectivity index (χ4n) is 1.82. The highest BCUT2D eigenvalue weighted by atomic mass is 35.5. The van der Waals surface area contributed by atoms with Gasteiger partial charge in [-0.3, -0.25) is 0 Å². The predicted molar refractivity (Wildman–Crippen MR) is 60.6 cm³/mol. The molecule has 1 saturated heterocycles. The summed E-state index contributed by atoms with van der Waals surface area (Å²) in [6, 6.07) is 3.89. The molecule has 0 bridgehead atoms. The number of epoxide rings is 1. The van der Waals surface area contributed by atoms with Crippen LogP contribution >= 0.6 is 11.6 Å². The van der Waals surface area contributed by atoms with Gasteiger partial charge in [-0.25, -0.2) is 0 Å². The minimum absolute atomic E-state index is 0.0529. The Morgan fingerprint density at radius 1 is 1.40 bits per heavy atom. The lowest BCUT2D eigenvalue weighted by Crippen LogP contribution is -1.99. The third-order valence-corrected chi connectivity index (χ3v) is 3.11. The van der Waals surface area contributed by atoms with Gasteiger partial charge in [0.25, 0.3) is 0 Å². The van der Waals surface area contributed by atoms with Crippen LogP contribution in [0.3, 0.4) is 0 Å². The predicted octanol–water partition coefficient (Wildman–Crippen LogP) is 3.51. The van der Waals surface area contributed by atoms with E-state index >= 15 is 0 Å². The van der Waals surface area contributed by atoms with Gasteiger partial charge in [0.1, 0.15) is 11.9 Å². The van der Waals surface area contributed by atoms with Crippen molar-refractivity contribution in [3.63, 3.8) is 0 Å². The first-order chi connectivity index (χ1) is 6.95. The van der Waals surface area contributed by atoms with Gasteiger partial charge in [-0.15, -0.1) is 0 Å². The maximum Gasteiger partial charge on any atom is 0.137 e. The summed E-state index contributed by atoms with van der Waals surface area (Å²) in [6.45, 7) is 6.20. The fourth-order valence-corrected chi connectivity index (χ4v) is 2.07. The summed E-state index contributed by atoms with van der Waals surface area (Å²) in [5, 5.41) is 0.643. The fraction of sp³-hybridized carbons (Fsp3) is 0.500. The largest absolute Gasteiger partial charge is 0.495 e. The zero-order chi connectivity index (χ0) is 11.2. The Balaban J connectivity index is 2.38. The average molecular weight is 227 g/mol. The van der Waals surface area contributed by atoms with E-state index in [1.165, 1.54) is 0 Å². The van der Waals surface area contributed by atoms with E-state index in [4.69, 9.17) is 21.1 Å². The molecule has 1 unspecified atom stereocenters. The molecule has 0 saturated carbocycles. The van der Waals surface area contributed by atoms with Crippen LogP contribution in [0.15, 0.2) is 12.1 Å². The molecule has 1 atom stereocenters. The number of hydrogen-bond donors (Lipinski definition) is 0. The molecule has 2 nitrogen and oxygen atoms in total. The van der Waals surface area contributed by atoms with E-state index in [1.54, 1.807) is 7.11 Å². The molecule has 1 aromatic rings. The third-order valence-electron chi connectivity index (χ3n) is 2.82. The van der Waals surface area contributed by atoms with Gasteiger partial charge >= 0.3 is 0 Å². The SMILES string of the molecule is COc1cc(C)c(C2OC2(C)C)cc1Cl. The molecule has 1 heterocycles. The Kier molecular flexibility index (Phi) is 2.44. The minimum Gasteiger partial charge on any atom is -0.495 e. The molecule has 2 rings (SSSR count). The summed E-state index contributed by atoms with van der Waals surface area (Å²) in [5.41, 5.74) is 2.26. The molecule has 1 fully saturated rings. The first kappa shape index (κ1) is 10.8. The highest BCUT2D eigenvalue weighted by molar-refractivity contribution is 6.32. The number of halogens is 1. The first-order valence-corrected chi connectivity index (χ1v) is 5.35. The molecular weight excluding hydrogens is 212 g/mol. The lowest BCUT2D eigenvalue weighted by Gasteiger charge is -2.09. The maximum atomic E-state index is 6.09. The highest BCUT2D eigenvalue weighted by Crippen LogP contribution is 2.50. The Labute approximate surface area is 95.1 Å². The molecule has 0 radical (unpaired) electrons. The molecule has 15 heavy (non-hydrogen) atoms. The Bertz CT molecular complexity index is 399. The quantitative estimate of drug-likeness (QED) is 0.720. The molecule has 1 aliphatic heterocycles. The zero-order valence-corrected chi connectivity index (χ0v) is 10.2. The van der Waals surface area contributed by atoms with Crippen LogP contribution in [0.4, 0.5) is 0 Å². The number of ether oxygens (including phenoxy) is 2. The number of aryl methyl sites for hydroxylation is 1. The van der Waals surface area contributed by atoms with Gasteiger partial charge in [0.05, 0.1) is 17.7 Å². The summed E-state index contributed by atoms with van der Waals surface area (Å²) in [5.74, 6) is 0.719. The first-order valence-electron chi connectivity index (χ1n) is 4.97. The molecule has 0 amide bonds. The van der Waals surface area contributed by atoms with E-state index in [1.807, 2.05) is 19.1 Å². The summed E-state index contributed by atoms with van der Waals surface area (Å²) in [4.78, 5) is 0. The van der Waals surface area contributed by atoms with Crippen molar-refractivity contribution in [3.8, 4) is 5.75 Å². The van der Waals surface area contributed by atoms with Crippen LogP contribution in [0.2, 0.25) is 5.02 Å². The van der Waals surface area contributed by atoms with Crippen LogP contribution in [0.25, 0.3) is 0 Å². The second kappa shape index (κ2) is 3.39. The van der Waals surface area contributed by atoms with Gasteiger partial charge < -0.3 is 9.47 Å². The third kappa shape index (κ3) is 1.84. The van der Waals surface area contributed by atoms with Gasteiger partial charge in [0, 0.05) is 0 Å². The maximum absolute atomic E-state index is 6.09. The van der Waals surface area contributed by atoms with Gasteiger partial charge in [-0.2, -0.15) is 0 Å². The van der Waals surface area contributed by atoms with Crippen LogP contribution in [0.5, 0.6) is 5.75 Å². The normalized spacial score (nSPS) is 22.6. The van der Waals surface area contributed by atoms with Crippen molar-refractivity contribution in [2.75, 3.05) is 7.11 Å². The summed E-state index contributed by atoms with van der Waals surface area (Å²) < 4.78 is 10.8. The number of rotatable bonds is 2. The van der Waals surface area contributed by atoms with E-state index < -0.39 is 0 Å². The standard InChI is InChI=1S/C12H15ClO2/c1-7-5-10(14-4)9(13)6-8(7)11-12(2,3)15-11/h5-6,11H,1-4H3. The molecule has 1 aromatic carbocycles. The van der Waals surface area contributed by atoms with Crippen molar-refractivity contribution in [2.24, 2.45) is 0 Å². The number of methoxy groups -OCH3 is 1. The Morgan fingerprint density at radius 3 is 2.47 bits per heavy atom. The summed E-state index contributed by atoms with van der Waals surface area (Å²) in [7, 11) is 1.62. The van der Waals surface area contributed by atoms with Crippen molar-refractivity contribution in [2.45, 2.75) is 32.5 Å². The van der Waals surface area contributed by atoms with Crippen molar-refractivity contribution in [1.29, 1.82) is 0 Å². The summed E-state index contributed by atoms with van der Waals surface area (Å²) >= 11 is 6.09. The van der Waals surface area contributed by atoms with E-state index in [0.717, 1.165) is 16.9 Å². The van der Waals surface area contributed by atoms with Crippen LogP contribution in [-0.2, 0) is 4.74 Å². The second-order valence-corrected chi connectivity index (χ2v) is 4.85. The molecule has 3 heteroatoms. The molecular formula is C12H15ClO2. The molecule has 0 spiro atoms. The minimum atomic E-state index is -0.0529. The van der Waals surface area contributed by atoms with E-state index in [-0.39, 0.29) is 11.7 Å². The molecule has 82 valence electrons. The van der Waals surface area contributed by atoms with Crippen molar-refractivity contribution in [1.82, 2.24) is 0 Å². The Hall–Kier alpha value is -0.730. The molecule has 0 N–H and O–H groups in total. The van der Waals surface area contributed by atoms with Crippen LogP contribution < -0.4 is 4.74 Å². The van der Waals surface area contributed by atoms with Gasteiger partial charge in [-0.05, 0) is 44.0 Å². The van der Waals surface area contributed by atoms with E-state index in [0.29, 0.717) is 5.02 Å². The van der Waals surface area contributed by atoms with Crippen molar-refractivity contribution < 1.29 is 9.47 Å². The Morgan fingerprint density at radius 2 is 2.00 bits per heavy atom. The van der Waals surface area contributed by atoms with Gasteiger partial charge in [-0.1, -0.05) is 11.6 Å². The van der Waals surface area contributed by atoms with Crippen LogP contribution in [0, 0.1) is 6.92 Å². The van der Waals surface area contributed by atoms with Crippen molar-refractivity contribution in [3.05, 3.63) is 28.3 Å². The lowest BCUT2D eigenvalue weighted by molar-refractivity contribution is 0.325. The lowest BCUT2D eigenvalue weighted by atomic mass is 9.98. The van der Waals surface area contributed by atoms with Gasteiger partial charge in [0.15, 0.2) is 0 Å². The second-order valence-electron chi connectivity index (χ2n) is 4.44. The number of benzene rings is 1. The molecule has 1 aliphatic rings. The van der Waals surface area contributed by atoms with Crippen molar-refractivity contribution >= 4 is 11.6 Å². The number of hydrogen-bond acceptors (Lipinski definition) is 2. The van der Waals surface area contributed by atoms with E-state index in [2.05, 4.69) is 13.8 Å².